The van der Waals surface area contributed by atoms with Gasteiger partial charge in [0, 0.05) is 12.6 Å². The van der Waals surface area contributed by atoms with Crippen molar-refractivity contribution < 1.29 is 0 Å². The summed E-state index contributed by atoms with van der Waals surface area (Å²) in [6.45, 7) is 3.57. The van der Waals surface area contributed by atoms with E-state index in [0.717, 1.165) is 18.5 Å². The van der Waals surface area contributed by atoms with Gasteiger partial charge in [-0.2, -0.15) is 0 Å². The number of hydrogen-bond acceptors (Lipinski definition) is 2. The van der Waals surface area contributed by atoms with Crippen molar-refractivity contribution in [2.24, 2.45) is 11.7 Å². The Balaban J connectivity index is 1.67. The maximum absolute atomic E-state index is 5.52. The lowest BCUT2D eigenvalue weighted by Gasteiger charge is -2.41. The second-order valence-electron chi connectivity index (χ2n) is 3.96. The topological polar surface area (TPSA) is 29.3 Å². The minimum absolute atomic E-state index is 0.848. The molecule has 2 fully saturated rings. The molecule has 1 unspecified atom stereocenters. The SMILES string of the molecule is NCCC1CCN1CC1CC1. The van der Waals surface area contributed by atoms with Crippen molar-refractivity contribution in [3.05, 3.63) is 0 Å². The Morgan fingerprint density at radius 1 is 1.27 bits per heavy atom. The molecule has 0 aromatic carbocycles. The number of rotatable bonds is 4. The summed E-state index contributed by atoms with van der Waals surface area (Å²) < 4.78 is 0. The van der Waals surface area contributed by atoms with Crippen LogP contribution in [0, 0.1) is 5.92 Å². The number of nitrogens with two attached hydrogens (primary N) is 1. The third-order valence-corrected chi connectivity index (χ3v) is 2.96. The fraction of sp³-hybridized carbons (Fsp3) is 1.00. The standard InChI is InChI=1S/C9H18N2/c10-5-3-9-4-6-11(9)7-8-1-2-8/h8-9H,1-7,10H2. The van der Waals surface area contributed by atoms with Crippen LogP contribution in [0.15, 0.2) is 0 Å². The highest BCUT2D eigenvalue weighted by molar-refractivity contribution is 4.87. The fourth-order valence-electron chi connectivity index (χ4n) is 1.89. The highest BCUT2D eigenvalue weighted by atomic mass is 15.2. The molecule has 2 N–H and O–H groups in total. The van der Waals surface area contributed by atoms with Crippen LogP contribution in [-0.2, 0) is 0 Å². The molecule has 2 aliphatic rings. The Bertz CT molecular complexity index is 132. The molecule has 0 amide bonds. The minimum atomic E-state index is 0.848. The van der Waals surface area contributed by atoms with E-state index < -0.39 is 0 Å². The van der Waals surface area contributed by atoms with Gasteiger partial charge in [-0.1, -0.05) is 0 Å². The summed E-state index contributed by atoms with van der Waals surface area (Å²) in [5.41, 5.74) is 5.52. The van der Waals surface area contributed by atoms with Crippen molar-refractivity contribution in [2.75, 3.05) is 19.6 Å². The molecular formula is C9H18N2. The molecule has 1 atom stereocenters. The maximum Gasteiger partial charge on any atom is 0.0120 e. The molecule has 2 nitrogen and oxygen atoms in total. The summed E-state index contributed by atoms with van der Waals surface area (Å²) in [4.78, 5) is 2.62. The number of hydrogen-bond donors (Lipinski definition) is 1. The summed E-state index contributed by atoms with van der Waals surface area (Å²) in [6, 6.07) is 0.848. The van der Waals surface area contributed by atoms with Gasteiger partial charge in [-0.3, -0.25) is 4.90 Å². The Morgan fingerprint density at radius 3 is 2.55 bits per heavy atom. The molecule has 0 aromatic heterocycles. The molecule has 64 valence electrons. The zero-order valence-corrected chi connectivity index (χ0v) is 7.13. The molecular weight excluding hydrogens is 136 g/mol. The van der Waals surface area contributed by atoms with Gasteiger partial charge in [0.2, 0.25) is 0 Å². The van der Waals surface area contributed by atoms with Crippen molar-refractivity contribution in [3.8, 4) is 0 Å². The third kappa shape index (κ3) is 1.74. The average Bonchev–Trinajstić information content (AvgIpc) is 2.77. The summed E-state index contributed by atoms with van der Waals surface area (Å²) in [7, 11) is 0. The van der Waals surface area contributed by atoms with E-state index in [-0.39, 0.29) is 0 Å². The smallest absolute Gasteiger partial charge is 0.0120 e. The van der Waals surface area contributed by atoms with E-state index >= 15 is 0 Å². The molecule has 11 heavy (non-hydrogen) atoms. The zero-order valence-electron chi connectivity index (χ0n) is 7.13. The molecule has 1 heterocycles. The van der Waals surface area contributed by atoms with Gasteiger partial charge in [-0.15, -0.1) is 0 Å². The molecule has 0 bridgehead atoms. The largest absolute Gasteiger partial charge is 0.330 e. The zero-order chi connectivity index (χ0) is 7.68. The normalized spacial score (nSPS) is 31.9. The van der Waals surface area contributed by atoms with Gasteiger partial charge in [0.05, 0.1) is 0 Å². The average molecular weight is 154 g/mol. The first kappa shape index (κ1) is 7.56. The fourth-order valence-corrected chi connectivity index (χ4v) is 1.89. The van der Waals surface area contributed by atoms with Gasteiger partial charge in [0.1, 0.15) is 0 Å². The van der Waals surface area contributed by atoms with Crippen molar-refractivity contribution >= 4 is 0 Å². The molecule has 2 rings (SSSR count). The van der Waals surface area contributed by atoms with Crippen LogP contribution in [-0.4, -0.2) is 30.6 Å². The van der Waals surface area contributed by atoms with Crippen molar-refractivity contribution in [1.29, 1.82) is 0 Å². The van der Waals surface area contributed by atoms with Gasteiger partial charge in [0.15, 0.2) is 0 Å². The first-order valence-corrected chi connectivity index (χ1v) is 4.84. The Morgan fingerprint density at radius 2 is 2.09 bits per heavy atom. The number of nitrogens with zero attached hydrogens (tertiary/aromatic N) is 1. The second kappa shape index (κ2) is 3.11. The lowest BCUT2D eigenvalue weighted by atomic mass is 9.99. The van der Waals surface area contributed by atoms with E-state index in [1.807, 2.05) is 0 Å². The Labute approximate surface area is 68.7 Å². The summed E-state index contributed by atoms with van der Waals surface area (Å²) in [5.74, 6) is 1.05. The highest BCUT2D eigenvalue weighted by Gasteiger charge is 2.32. The van der Waals surface area contributed by atoms with Gasteiger partial charge >= 0.3 is 0 Å². The van der Waals surface area contributed by atoms with E-state index in [1.165, 1.54) is 38.8 Å². The van der Waals surface area contributed by atoms with E-state index in [1.54, 1.807) is 0 Å². The molecule has 1 saturated heterocycles. The molecule has 0 spiro atoms. The molecule has 1 aliphatic heterocycles. The molecule has 1 aliphatic carbocycles. The van der Waals surface area contributed by atoms with E-state index in [2.05, 4.69) is 4.90 Å². The van der Waals surface area contributed by atoms with Crippen LogP contribution >= 0.6 is 0 Å². The summed E-state index contributed by atoms with van der Waals surface area (Å²) in [6.07, 6.45) is 5.56. The van der Waals surface area contributed by atoms with E-state index in [0.29, 0.717) is 0 Å². The summed E-state index contributed by atoms with van der Waals surface area (Å²) in [5, 5.41) is 0. The van der Waals surface area contributed by atoms with Crippen LogP contribution in [0.1, 0.15) is 25.7 Å². The van der Waals surface area contributed by atoms with Crippen LogP contribution in [0.3, 0.4) is 0 Å². The van der Waals surface area contributed by atoms with Crippen LogP contribution in [0.5, 0.6) is 0 Å². The Hall–Kier alpha value is -0.0800. The van der Waals surface area contributed by atoms with Crippen molar-refractivity contribution in [1.82, 2.24) is 4.90 Å². The minimum Gasteiger partial charge on any atom is -0.330 e. The molecule has 0 radical (unpaired) electrons. The first-order valence-electron chi connectivity index (χ1n) is 4.84. The van der Waals surface area contributed by atoms with Gasteiger partial charge in [-0.25, -0.2) is 0 Å². The predicted octanol–water partition coefficient (Wildman–Crippen LogP) is 0.820. The molecule has 1 saturated carbocycles. The van der Waals surface area contributed by atoms with Crippen molar-refractivity contribution in [2.45, 2.75) is 31.7 Å². The van der Waals surface area contributed by atoms with E-state index in [4.69, 9.17) is 5.73 Å². The third-order valence-electron chi connectivity index (χ3n) is 2.96. The lowest BCUT2D eigenvalue weighted by molar-refractivity contribution is 0.0803. The van der Waals surface area contributed by atoms with Crippen LogP contribution in [0.2, 0.25) is 0 Å². The number of likely N-dealkylation sites (tertiary alicyclic amines) is 1. The van der Waals surface area contributed by atoms with Crippen LogP contribution in [0.4, 0.5) is 0 Å². The molecule has 2 heteroatoms. The van der Waals surface area contributed by atoms with Crippen LogP contribution in [0.25, 0.3) is 0 Å². The summed E-state index contributed by atoms with van der Waals surface area (Å²) >= 11 is 0. The monoisotopic (exact) mass is 154 g/mol. The maximum atomic E-state index is 5.52. The quantitative estimate of drug-likeness (QED) is 0.649. The second-order valence-corrected chi connectivity index (χ2v) is 3.96. The van der Waals surface area contributed by atoms with Gasteiger partial charge in [-0.05, 0) is 44.7 Å². The first-order chi connectivity index (χ1) is 5.40. The van der Waals surface area contributed by atoms with Crippen molar-refractivity contribution in [3.63, 3.8) is 0 Å². The highest BCUT2D eigenvalue weighted by Crippen LogP contribution is 2.33. The Kier molecular flexibility index (Phi) is 2.14. The van der Waals surface area contributed by atoms with Gasteiger partial charge in [0.25, 0.3) is 0 Å². The van der Waals surface area contributed by atoms with Gasteiger partial charge < -0.3 is 5.73 Å². The predicted molar refractivity (Wildman–Crippen MR) is 46.4 cm³/mol. The van der Waals surface area contributed by atoms with E-state index in [9.17, 15) is 0 Å². The van der Waals surface area contributed by atoms with Crippen LogP contribution < -0.4 is 5.73 Å². The lowest BCUT2D eigenvalue weighted by Crippen LogP contribution is -2.49. The molecule has 0 aromatic rings.